The van der Waals surface area contributed by atoms with E-state index in [9.17, 15) is 5.11 Å². The van der Waals surface area contributed by atoms with Gasteiger partial charge in [0.05, 0.1) is 0 Å². The molecule has 0 saturated carbocycles. The minimum Gasteiger partial charge on any atom is -0.376 e. The molecular weight excluding hydrogens is 272 g/mol. The molecule has 2 heterocycles. The highest BCUT2D eigenvalue weighted by Crippen LogP contribution is 2.36. The fourth-order valence-electron chi connectivity index (χ4n) is 3.17. The molecule has 0 radical (unpaired) electrons. The average molecular weight is 294 g/mol. The third-order valence-corrected chi connectivity index (χ3v) is 4.41. The summed E-state index contributed by atoms with van der Waals surface area (Å²) in [5.74, 6) is 0. The van der Waals surface area contributed by atoms with Crippen LogP contribution in [0.1, 0.15) is 24.0 Å². The van der Waals surface area contributed by atoms with E-state index in [-0.39, 0.29) is 0 Å². The molecule has 0 bridgehead atoms. The van der Waals surface area contributed by atoms with Crippen molar-refractivity contribution in [2.24, 2.45) is 0 Å². The van der Waals surface area contributed by atoms with E-state index in [1.807, 2.05) is 42.5 Å². The highest BCUT2D eigenvalue weighted by Gasteiger charge is 2.35. The molecule has 0 spiro atoms. The number of hydrogen-bond donors (Lipinski definition) is 1. The lowest BCUT2D eigenvalue weighted by molar-refractivity contribution is 0.111. The first kappa shape index (κ1) is 14.9. The molecule has 1 N–H and O–H groups in total. The molecule has 3 heteroatoms. The van der Waals surface area contributed by atoms with Gasteiger partial charge < -0.3 is 5.11 Å². The molecule has 1 aromatic heterocycles. The largest absolute Gasteiger partial charge is 0.376 e. The molecule has 3 rings (SSSR count). The van der Waals surface area contributed by atoms with Gasteiger partial charge in [-0.05, 0) is 54.8 Å². The second-order valence-electron chi connectivity index (χ2n) is 5.90. The van der Waals surface area contributed by atoms with Gasteiger partial charge in [-0.1, -0.05) is 36.9 Å². The van der Waals surface area contributed by atoms with E-state index in [0.717, 1.165) is 29.8 Å². The Balaban J connectivity index is 1.97. The highest BCUT2D eigenvalue weighted by atomic mass is 16.3. The summed E-state index contributed by atoms with van der Waals surface area (Å²) in [7, 11) is 0. The lowest BCUT2D eigenvalue weighted by Crippen LogP contribution is -2.35. The smallest absolute Gasteiger partial charge is 0.137 e. The van der Waals surface area contributed by atoms with Crippen molar-refractivity contribution < 1.29 is 5.11 Å². The van der Waals surface area contributed by atoms with Gasteiger partial charge >= 0.3 is 0 Å². The summed E-state index contributed by atoms with van der Waals surface area (Å²) in [5.41, 5.74) is 1.31. The minimum absolute atomic E-state index is 0.716. The summed E-state index contributed by atoms with van der Waals surface area (Å²) < 4.78 is 0. The van der Waals surface area contributed by atoms with Crippen LogP contribution in [0.4, 0.5) is 0 Å². The maximum Gasteiger partial charge on any atom is 0.137 e. The Kier molecular flexibility index (Phi) is 4.36. The topological polar surface area (TPSA) is 36.4 Å². The van der Waals surface area contributed by atoms with Crippen LogP contribution in [0.5, 0.6) is 0 Å². The van der Waals surface area contributed by atoms with Crippen molar-refractivity contribution in [3.8, 4) is 0 Å². The lowest BCUT2D eigenvalue weighted by Gasteiger charge is -2.33. The summed E-state index contributed by atoms with van der Waals surface area (Å²) in [6, 6.07) is 13.5. The monoisotopic (exact) mass is 294 g/mol. The summed E-state index contributed by atoms with van der Waals surface area (Å²) in [4.78, 5) is 6.42. The van der Waals surface area contributed by atoms with E-state index in [0.29, 0.717) is 6.54 Å². The van der Waals surface area contributed by atoms with Crippen LogP contribution in [-0.4, -0.2) is 34.6 Å². The quantitative estimate of drug-likeness (QED) is 0.861. The third-order valence-electron chi connectivity index (χ3n) is 4.41. The lowest BCUT2D eigenvalue weighted by atomic mass is 9.81. The summed E-state index contributed by atoms with van der Waals surface area (Å²) >= 11 is 0. The number of likely N-dealkylation sites (tertiary alicyclic amines) is 1. The van der Waals surface area contributed by atoms with E-state index in [1.54, 1.807) is 12.4 Å². The Hall–Kier alpha value is -1.97. The van der Waals surface area contributed by atoms with Crippen molar-refractivity contribution in [3.05, 3.63) is 78.1 Å². The average Bonchev–Trinajstić information content (AvgIpc) is 3.08. The predicted octanol–water partition coefficient (Wildman–Crippen LogP) is 2.97. The Morgan fingerprint density at radius 2 is 1.64 bits per heavy atom. The molecule has 1 unspecified atom stereocenters. The molecule has 0 amide bonds. The molecule has 1 atom stereocenters. The first-order valence-corrected chi connectivity index (χ1v) is 7.80. The van der Waals surface area contributed by atoms with Gasteiger partial charge in [-0.2, -0.15) is 0 Å². The fraction of sp³-hybridized carbons (Fsp3) is 0.316. The van der Waals surface area contributed by atoms with Gasteiger partial charge in [0.15, 0.2) is 0 Å². The number of hydrogen-bond acceptors (Lipinski definition) is 3. The van der Waals surface area contributed by atoms with Crippen molar-refractivity contribution in [2.45, 2.75) is 18.4 Å². The zero-order valence-electron chi connectivity index (χ0n) is 12.8. The molecular formula is C19H22N2O. The standard InChI is InChI=1S/C19H22N2O/c1-16(15-21-13-5-6-14-21)19(22,17-7-3-2-4-8-17)18-9-11-20-12-10-18/h2-4,7-12,22H,1,5-6,13-15H2. The van der Waals surface area contributed by atoms with Crippen LogP contribution in [0.3, 0.4) is 0 Å². The predicted molar refractivity (Wildman–Crippen MR) is 88.5 cm³/mol. The van der Waals surface area contributed by atoms with Gasteiger partial charge in [0.25, 0.3) is 0 Å². The molecule has 1 saturated heterocycles. The van der Waals surface area contributed by atoms with Crippen molar-refractivity contribution in [1.82, 2.24) is 9.88 Å². The molecule has 1 aliphatic heterocycles. The maximum atomic E-state index is 11.5. The Bertz CT molecular complexity index is 579. The number of aliphatic hydroxyl groups is 1. The maximum absolute atomic E-state index is 11.5. The third kappa shape index (κ3) is 2.82. The highest BCUT2D eigenvalue weighted by molar-refractivity contribution is 5.44. The number of nitrogens with zero attached hydrogens (tertiary/aromatic N) is 2. The van der Waals surface area contributed by atoms with Gasteiger partial charge in [0, 0.05) is 18.9 Å². The van der Waals surface area contributed by atoms with Crippen LogP contribution < -0.4 is 0 Å². The van der Waals surface area contributed by atoms with Crippen molar-refractivity contribution >= 4 is 0 Å². The number of benzene rings is 1. The van der Waals surface area contributed by atoms with Gasteiger partial charge in [0.1, 0.15) is 5.60 Å². The van der Waals surface area contributed by atoms with Gasteiger partial charge in [-0.25, -0.2) is 0 Å². The number of aromatic nitrogens is 1. The summed E-state index contributed by atoms with van der Waals surface area (Å²) in [5, 5.41) is 11.5. The molecule has 22 heavy (non-hydrogen) atoms. The first-order valence-electron chi connectivity index (χ1n) is 7.80. The van der Waals surface area contributed by atoms with E-state index in [4.69, 9.17) is 0 Å². The Labute approximate surface area is 131 Å². The Morgan fingerprint density at radius 1 is 1.05 bits per heavy atom. The van der Waals surface area contributed by atoms with Gasteiger partial charge in [-0.15, -0.1) is 0 Å². The Morgan fingerprint density at radius 3 is 2.27 bits per heavy atom. The molecule has 2 aromatic rings. The molecule has 114 valence electrons. The molecule has 1 aliphatic rings. The minimum atomic E-state index is -1.17. The van der Waals surface area contributed by atoms with E-state index in [2.05, 4.69) is 16.5 Å². The summed E-state index contributed by atoms with van der Waals surface area (Å²) in [6.07, 6.45) is 5.89. The molecule has 1 aromatic carbocycles. The molecule has 3 nitrogen and oxygen atoms in total. The normalized spacial score (nSPS) is 18.0. The van der Waals surface area contributed by atoms with Crippen LogP contribution in [0.25, 0.3) is 0 Å². The fourth-order valence-corrected chi connectivity index (χ4v) is 3.17. The van der Waals surface area contributed by atoms with Crippen LogP contribution in [0.15, 0.2) is 67.0 Å². The first-order chi connectivity index (χ1) is 10.7. The van der Waals surface area contributed by atoms with Crippen molar-refractivity contribution in [2.75, 3.05) is 19.6 Å². The van der Waals surface area contributed by atoms with Crippen LogP contribution >= 0.6 is 0 Å². The SMILES string of the molecule is C=C(CN1CCCC1)C(O)(c1ccccc1)c1ccncc1. The van der Waals surface area contributed by atoms with Crippen LogP contribution in [0, 0.1) is 0 Å². The second-order valence-corrected chi connectivity index (χ2v) is 5.90. The summed E-state index contributed by atoms with van der Waals surface area (Å²) in [6.45, 7) is 7.11. The molecule has 0 aliphatic carbocycles. The van der Waals surface area contributed by atoms with E-state index in [1.165, 1.54) is 12.8 Å². The zero-order chi connectivity index (χ0) is 15.4. The number of pyridine rings is 1. The van der Waals surface area contributed by atoms with Gasteiger partial charge in [-0.3, -0.25) is 9.88 Å². The number of rotatable bonds is 5. The molecule has 1 fully saturated rings. The second kappa shape index (κ2) is 6.42. The van der Waals surface area contributed by atoms with Crippen molar-refractivity contribution in [3.63, 3.8) is 0 Å². The van der Waals surface area contributed by atoms with E-state index >= 15 is 0 Å². The zero-order valence-corrected chi connectivity index (χ0v) is 12.8. The van der Waals surface area contributed by atoms with Crippen LogP contribution in [0.2, 0.25) is 0 Å². The van der Waals surface area contributed by atoms with Crippen molar-refractivity contribution in [1.29, 1.82) is 0 Å². The van der Waals surface area contributed by atoms with E-state index < -0.39 is 5.60 Å². The van der Waals surface area contributed by atoms with Gasteiger partial charge in [0.2, 0.25) is 0 Å². The van der Waals surface area contributed by atoms with Crippen LogP contribution in [-0.2, 0) is 5.60 Å².